The Morgan fingerprint density at radius 2 is 1.49 bits per heavy atom. The molecule has 1 atom stereocenters. The molecule has 2 aliphatic rings. The second kappa shape index (κ2) is 16.0. The number of carbonyl (C=O) groups is 2. The third-order valence-electron chi connectivity index (χ3n) is 7.40. The van der Waals surface area contributed by atoms with Crippen molar-refractivity contribution < 1.29 is 14.3 Å². The molecule has 1 fully saturated rings. The largest absolute Gasteiger partial charge is 0.444 e. The van der Waals surface area contributed by atoms with Gasteiger partial charge in [-0.3, -0.25) is 19.3 Å². The number of halogens is 1. The molecule has 240 valence electrons. The van der Waals surface area contributed by atoms with Gasteiger partial charge in [-0.05, 0) is 100 Å². The molecule has 2 amide bonds. The van der Waals surface area contributed by atoms with Gasteiger partial charge in [0.25, 0.3) is 5.91 Å². The van der Waals surface area contributed by atoms with Crippen LogP contribution in [0.1, 0.15) is 44.0 Å². The molecule has 2 heterocycles. The van der Waals surface area contributed by atoms with Crippen molar-refractivity contribution in [3.8, 4) is 0 Å². The second-order valence-electron chi connectivity index (χ2n) is 11.9. The van der Waals surface area contributed by atoms with E-state index in [1.54, 1.807) is 24.3 Å². The fraction of sp³-hybridized carbons (Fsp3) is 0.343. The first kappa shape index (κ1) is 34.1. The zero-order valence-electron chi connectivity index (χ0n) is 26.3. The molecule has 0 saturated carbocycles. The Bertz CT molecular complexity index is 1470. The topological polar surface area (TPSA) is 77.1 Å². The first-order valence-electron chi connectivity index (χ1n) is 15.3. The van der Waals surface area contributed by atoms with Crippen LogP contribution >= 0.6 is 23.1 Å². The van der Waals surface area contributed by atoms with Crippen LogP contribution in [0.3, 0.4) is 0 Å². The molecule has 5 rings (SSSR count). The summed E-state index contributed by atoms with van der Waals surface area (Å²) >= 11 is 0. The van der Waals surface area contributed by atoms with Gasteiger partial charge >= 0.3 is 6.09 Å². The molecule has 1 saturated heterocycles. The average molecular weight is 650 g/mol. The number of allylic oxidation sites excluding steroid dienone is 1. The minimum Gasteiger partial charge on any atom is -0.444 e. The van der Waals surface area contributed by atoms with Crippen molar-refractivity contribution in [1.29, 1.82) is 0 Å². The van der Waals surface area contributed by atoms with Gasteiger partial charge in [0, 0.05) is 48.9 Å². The molecule has 0 radical (unpaired) electrons. The van der Waals surface area contributed by atoms with E-state index >= 15 is 0 Å². The molecule has 8 nitrogen and oxygen atoms in total. The van der Waals surface area contributed by atoms with E-state index in [1.165, 1.54) is 16.4 Å². The summed E-state index contributed by atoms with van der Waals surface area (Å²) in [6, 6.07) is 28.3. The molecule has 3 aromatic carbocycles. The van der Waals surface area contributed by atoms with E-state index in [1.807, 2.05) is 20.8 Å². The van der Waals surface area contributed by atoms with Crippen LogP contribution in [0.2, 0.25) is 0 Å². The molecule has 0 bridgehead atoms. The van der Waals surface area contributed by atoms with Crippen LogP contribution in [-0.4, -0.2) is 72.0 Å². The molecule has 0 aromatic heterocycles. The number of nitrogens with zero attached hydrogens (tertiary/aromatic N) is 3. The standard InChI is InChI=1S/C35H43N5O3S.ClH/c1-35(2,3)43-34(42)37-29-18-16-28(17-19-29)33(41)36-21-10-11-22-38-23-25-39(26-24-38)32-20-27-44(31-14-8-5-9-15-31)40(32)30-12-6-4-7-13-30;/h4-9,12-20,27H,10-11,21-26H2,1-3H3,(H,36,41)(H,37,42);1H. The Hall–Kier alpha value is -3.79. The quantitative estimate of drug-likeness (QED) is 0.182. The van der Waals surface area contributed by atoms with Gasteiger partial charge in [0.05, 0.1) is 5.69 Å². The number of carbonyl (C=O) groups excluding carboxylic acids is 2. The predicted octanol–water partition coefficient (Wildman–Crippen LogP) is 6.99. The van der Waals surface area contributed by atoms with Crippen LogP contribution in [0.15, 0.2) is 102 Å². The van der Waals surface area contributed by atoms with Crippen molar-refractivity contribution in [3.05, 3.63) is 102 Å². The number of nitrogens with one attached hydrogen (secondary N) is 2. The first-order chi connectivity index (χ1) is 21.3. The third-order valence-corrected chi connectivity index (χ3v) is 9.34. The average Bonchev–Trinajstić information content (AvgIpc) is 3.47. The lowest BCUT2D eigenvalue weighted by Gasteiger charge is -2.40. The highest BCUT2D eigenvalue weighted by Crippen LogP contribution is 2.42. The Kier molecular flexibility index (Phi) is 12.1. The van der Waals surface area contributed by atoms with Crippen LogP contribution < -0.4 is 14.9 Å². The van der Waals surface area contributed by atoms with Gasteiger partial charge in [-0.15, -0.1) is 12.4 Å². The van der Waals surface area contributed by atoms with Crippen LogP contribution in [-0.2, 0) is 4.74 Å². The minimum atomic E-state index is -0.568. The van der Waals surface area contributed by atoms with Gasteiger partial charge in [0.15, 0.2) is 0 Å². The summed E-state index contributed by atoms with van der Waals surface area (Å²) in [6.07, 6.45) is 3.73. The Balaban J connectivity index is 0.00000461. The lowest BCUT2D eigenvalue weighted by molar-refractivity contribution is 0.0635. The monoisotopic (exact) mass is 649 g/mol. The maximum absolute atomic E-state index is 12.6. The Labute approximate surface area is 275 Å². The van der Waals surface area contributed by atoms with Crippen LogP contribution in [0, 0.1) is 0 Å². The van der Waals surface area contributed by atoms with Crippen LogP contribution in [0.5, 0.6) is 0 Å². The zero-order valence-corrected chi connectivity index (χ0v) is 27.9. The van der Waals surface area contributed by atoms with E-state index in [0.717, 1.165) is 45.6 Å². The van der Waals surface area contributed by atoms with Gasteiger partial charge in [0.2, 0.25) is 0 Å². The summed E-state index contributed by atoms with van der Waals surface area (Å²) < 4.78 is 7.75. The Morgan fingerprint density at radius 1 is 0.844 bits per heavy atom. The molecule has 3 aromatic rings. The number of ether oxygens (including phenoxy) is 1. The molecule has 2 aliphatic heterocycles. The summed E-state index contributed by atoms with van der Waals surface area (Å²) in [4.78, 5) is 30.9. The van der Waals surface area contributed by atoms with Gasteiger partial charge in [-0.1, -0.05) is 47.1 Å². The fourth-order valence-corrected chi connectivity index (χ4v) is 7.14. The van der Waals surface area contributed by atoms with Crippen molar-refractivity contribution in [1.82, 2.24) is 15.1 Å². The van der Waals surface area contributed by atoms with Crippen molar-refractivity contribution >= 4 is 51.8 Å². The smallest absolute Gasteiger partial charge is 0.412 e. The molecule has 45 heavy (non-hydrogen) atoms. The lowest BCUT2D eigenvalue weighted by atomic mass is 10.2. The van der Waals surface area contributed by atoms with Crippen LogP contribution in [0.4, 0.5) is 16.2 Å². The maximum atomic E-state index is 12.6. The van der Waals surface area contributed by atoms with Gasteiger partial charge in [0.1, 0.15) is 11.4 Å². The number of anilines is 2. The lowest BCUT2D eigenvalue weighted by Crippen LogP contribution is -2.48. The van der Waals surface area contributed by atoms with Crippen molar-refractivity contribution in [2.24, 2.45) is 0 Å². The minimum absolute atomic E-state index is 0. The summed E-state index contributed by atoms with van der Waals surface area (Å²) in [5, 5.41) is 8.04. The summed E-state index contributed by atoms with van der Waals surface area (Å²) in [7, 11) is -0.148. The van der Waals surface area contributed by atoms with E-state index < -0.39 is 11.7 Å². The number of rotatable bonds is 10. The van der Waals surface area contributed by atoms with Crippen LogP contribution in [0.25, 0.3) is 0 Å². The molecule has 1 unspecified atom stereocenters. The van der Waals surface area contributed by atoms with Crippen molar-refractivity contribution in [2.75, 3.05) is 48.9 Å². The number of hydrogen-bond acceptors (Lipinski definition) is 6. The van der Waals surface area contributed by atoms with Gasteiger partial charge < -0.3 is 15.0 Å². The van der Waals surface area contributed by atoms with E-state index in [2.05, 4.69) is 96.8 Å². The molecular formula is C35H44ClN5O3S. The zero-order chi connectivity index (χ0) is 30.9. The first-order valence-corrected chi connectivity index (χ1v) is 16.6. The molecule has 10 heteroatoms. The highest BCUT2D eigenvalue weighted by Gasteiger charge is 2.28. The number of benzene rings is 3. The normalized spacial score (nSPS) is 16.7. The molecular weight excluding hydrogens is 606 g/mol. The maximum Gasteiger partial charge on any atom is 0.412 e. The van der Waals surface area contributed by atoms with E-state index in [4.69, 9.17) is 4.74 Å². The summed E-state index contributed by atoms with van der Waals surface area (Å²) in [5.74, 6) is 1.17. The summed E-state index contributed by atoms with van der Waals surface area (Å²) in [6.45, 7) is 11.1. The Morgan fingerprint density at radius 3 is 2.13 bits per heavy atom. The molecule has 2 N–H and O–H groups in total. The van der Waals surface area contributed by atoms with Crippen molar-refractivity contribution in [2.45, 2.75) is 44.1 Å². The predicted molar refractivity (Wildman–Crippen MR) is 188 cm³/mol. The fourth-order valence-electron chi connectivity index (χ4n) is 5.23. The molecule has 0 spiro atoms. The van der Waals surface area contributed by atoms with E-state index in [0.29, 0.717) is 17.8 Å². The van der Waals surface area contributed by atoms with Gasteiger partial charge in [-0.25, -0.2) is 4.79 Å². The highest BCUT2D eigenvalue weighted by molar-refractivity contribution is 8.16. The number of unbranched alkanes of at least 4 members (excludes halogenated alkanes) is 1. The number of para-hydroxylation sites is 1. The van der Waals surface area contributed by atoms with E-state index in [-0.39, 0.29) is 29.0 Å². The van der Waals surface area contributed by atoms with Crippen molar-refractivity contribution in [3.63, 3.8) is 0 Å². The summed E-state index contributed by atoms with van der Waals surface area (Å²) in [5.41, 5.74) is 1.80. The second-order valence-corrected chi connectivity index (χ2v) is 13.7. The number of piperazine rings is 1. The third kappa shape index (κ3) is 9.60. The van der Waals surface area contributed by atoms with E-state index in [9.17, 15) is 9.59 Å². The number of hydrogen-bond donors (Lipinski definition) is 2. The molecule has 0 aliphatic carbocycles. The number of amides is 2. The SMILES string of the molecule is CC(C)(C)OC(=O)Nc1ccc(C(=O)NCCCCN2CCN(C3=CC=S(c4ccccc4)N3c3ccccc3)CC2)cc1.Cl. The van der Waals surface area contributed by atoms with Gasteiger partial charge in [-0.2, -0.15) is 0 Å². The highest BCUT2D eigenvalue weighted by atomic mass is 35.5.